The van der Waals surface area contributed by atoms with Crippen molar-refractivity contribution < 1.29 is 30.6 Å². The molecule has 6 nitrogen and oxygen atoms in total. The topological polar surface area (TPSA) is 121 Å². The van der Waals surface area contributed by atoms with Gasteiger partial charge in [0.1, 0.15) is 0 Å². The summed E-state index contributed by atoms with van der Waals surface area (Å²) in [7, 11) is 0. The zero-order valence-corrected chi connectivity index (χ0v) is 83.2. The Morgan fingerprint density at radius 3 is 0.722 bits per heavy atom. The van der Waals surface area contributed by atoms with Gasteiger partial charge in [-0.15, -0.1) is 0 Å². The third-order valence-corrected chi connectivity index (χ3v) is 42.5. The molecule has 0 aromatic carbocycles. The van der Waals surface area contributed by atoms with Crippen molar-refractivity contribution in [3.8, 4) is 0 Å². The van der Waals surface area contributed by atoms with E-state index in [0.29, 0.717) is 43.3 Å². The van der Waals surface area contributed by atoms with Crippen molar-refractivity contribution >= 4 is 0 Å². The molecule has 0 bridgehead atoms. The second-order valence-corrected chi connectivity index (χ2v) is 48.9. The molecule has 6 N–H and O–H groups in total. The Labute approximate surface area is 769 Å². The Balaban J connectivity index is 0.000000117. The lowest BCUT2D eigenvalue weighted by Crippen LogP contribution is -2.45. The van der Waals surface area contributed by atoms with E-state index in [0.717, 1.165) is 186 Å². The van der Waals surface area contributed by atoms with Crippen LogP contribution in [0.4, 0.5) is 0 Å². The van der Waals surface area contributed by atoms with E-state index in [4.69, 9.17) is 0 Å². The fraction of sp³-hybridized carbons (Fsp3) is 0.733. The van der Waals surface area contributed by atoms with Gasteiger partial charge in [-0.25, -0.2) is 0 Å². The van der Waals surface area contributed by atoms with Crippen molar-refractivity contribution in [3.05, 3.63) is 186 Å². The molecule has 5 unspecified atom stereocenters. The predicted octanol–water partition coefficient (Wildman–Crippen LogP) is 30.4. The van der Waals surface area contributed by atoms with Crippen LogP contribution in [0.2, 0.25) is 0 Å². The fourth-order valence-corrected chi connectivity index (χ4v) is 31.5. The van der Waals surface area contributed by atoms with E-state index in [9.17, 15) is 30.6 Å². The first kappa shape index (κ1) is 96.2. The highest BCUT2D eigenvalue weighted by molar-refractivity contribution is 5.44. The van der Waals surface area contributed by atoms with E-state index in [1.165, 1.54) is 223 Å². The summed E-state index contributed by atoms with van der Waals surface area (Å²) in [6, 6.07) is 0. The Kier molecular flexibility index (Phi) is 30.0. The van der Waals surface area contributed by atoms with Crippen LogP contribution in [0.3, 0.4) is 0 Å². The highest BCUT2D eigenvalue weighted by atomic mass is 16.3. The SMILES string of the molecule is CC1=C(/C=C/C2=CCC[C@@]3(C)C2CC[C@@H]3C)C[C@@H](O)CC1.CC1=C(/C=C\C2=CCC[C@]3(C)[C@@H](C)CC[C@@H]23)C[C@@H](O)CC1.CC1=C(/C=C\C2=CCC[C@]3(C)[C@@H](C)CC[C@@H]23)C[C@@H](O)CC1.CC1=C(/C=C\C2=CCC[C@]3(C)[C@@H](C)CC[C@@H]23)C[C@@H](O)CC1.C[C@H]1CCC2C3=CC=C4C[C@@H](O)CC[C@@]4(C)C3CC[C@@]21C.C[C@H]1CCC2C3=CC=C4C[C@@H](O)CC[C@]4(C)C3CC[C@@]21C. The van der Waals surface area contributed by atoms with Crippen LogP contribution < -0.4 is 0 Å². The number of rotatable bonds is 8. The van der Waals surface area contributed by atoms with Gasteiger partial charge in [-0.3, -0.25) is 0 Å². The Hall–Kier alpha value is -4.40. The van der Waals surface area contributed by atoms with Gasteiger partial charge in [-0.1, -0.05) is 239 Å². The van der Waals surface area contributed by atoms with Gasteiger partial charge in [-0.2, -0.15) is 0 Å². The summed E-state index contributed by atoms with van der Waals surface area (Å²) in [5, 5.41) is 59.6. The van der Waals surface area contributed by atoms with Crippen molar-refractivity contribution in [2.45, 2.75) is 431 Å². The lowest BCUT2D eigenvalue weighted by Gasteiger charge is -2.54. The Morgan fingerprint density at radius 1 is 0.238 bits per heavy atom. The van der Waals surface area contributed by atoms with E-state index >= 15 is 0 Å². The quantitative estimate of drug-likeness (QED) is 0.144. The second-order valence-electron chi connectivity index (χ2n) is 48.9. The van der Waals surface area contributed by atoms with E-state index in [2.05, 4.69) is 222 Å². The summed E-state index contributed by atoms with van der Waals surface area (Å²) in [6.45, 7) is 43.7. The standard InChI is InChI=1S/6C20H30O/c2*1-13-4-7-17-16-6-5-14-12-15(21)8-10-20(14,3)18(16)9-11-19(13,17)2;4*1-14-6-10-18(21)13-17(14)9-8-16-5-4-12-20(3)15(2)7-11-19(16)20/h2*5-6,13,15,17-18,21H,4,7-12H2,1-3H3;4*5,8-9,15,18-19,21H,4,6-7,10-13H2,1-3H3/b;;9-8+;3*9-8-/t13-,15-,17?,18?,19+,20+;13-,15-,17?,18?,19+,20-;15-,18-,19?,20+;3*15-,18-,19-,20+/m000000/s1. The largest absolute Gasteiger partial charge is 0.393 e. The van der Waals surface area contributed by atoms with E-state index in [1.807, 2.05) is 0 Å². The van der Waals surface area contributed by atoms with Crippen LogP contribution in [0.1, 0.15) is 394 Å². The zero-order valence-electron chi connectivity index (χ0n) is 83.2. The third kappa shape index (κ3) is 19.3. The first-order chi connectivity index (χ1) is 59.9. The summed E-state index contributed by atoms with van der Waals surface area (Å²) >= 11 is 0. The third-order valence-electron chi connectivity index (χ3n) is 42.5. The van der Waals surface area contributed by atoms with Crippen LogP contribution >= 0.6 is 0 Å². The summed E-state index contributed by atoms with van der Waals surface area (Å²) in [4.78, 5) is 0. The lowest BCUT2D eigenvalue weighted by molar-refractivity contribution is 0.0476. The molecule has 0 saturated heterocycles. The van der Waals surface area contributed by atoms with Gasteiger partial charge in [0.25, 0.3) is 0 Å². The van der Waals surface area contributed by atoms with Crippen LogP contribution in [-0.4, -0.2) is 67.3 Å². The lowest BCUT2D eigenvalue weighted by atomic mass is 9.50. The molecule has 20 aliphatic rings. The molecule has 6 heteroatoms. The van der Waals surface area contributed by atoms with Crippen molar-refractivity contribution in [3.63, 3.8) is 0 Å². The van der Waals surface area contributed by atoms with Gasteiger partial charge in [0.15, 0.2) is 0 Å². The summed E-state index contributed by atoms with van der Waals surface area (Å²) in [5.74, 6) is 11.4. The average Bonchev–Trinajstić information content (AvgIpc) is 0.991. The summed E-state index contributed by atoms with van der Waals surface area (Å²) in [6.07, 6.45) is 87.6. The number of hydrogen-bond donors (Lipinski definition) is 6. The van der Waals surface area contributed by atoms with Gasteiger partial charge >= 0.3 is 0 Å². The number of allylic oxidation sites excluding steroid dienone is 26. The average molecular weight is 1720 g/mol. The molecule has 0 spiro atoms. The molecule has 0 amide bonds. The smallest absolute Gasteiger partial charge is 0.0583 e. The molecule has 10 fully saturated rings. The van der Waals surface area contributed by atoms with Crippen LogP contribution in [-0.2, 0) is 0 Å². The molecule has 126 heavy (non-hydrogen) atoms. The Morgan fingerprint density at radius 2 is 0.468 bits per heavy atom. The highest BCUT2D eigenvalue weighted by Gasteiger charge is 2.58. The predicted molar refractivity (Wildman–Crippen MR) is 530 cm³/mol. The minimum atomic E-state index is -0.134. The van der Waals surface area contributed by atoms with E-state index in [-0.39, 0.29) is 36.6 Å². The number of fused-ring (bicyclic) bond motifs is 14. The van der Waals surface area contributed by atoms with Crippen molar-refractivity contribution in [1.29, 1.82) is 0 Å². The molecule has 0 aliphatic heterocycles. The molecule has 20 rings (SSSR count). The van der Waals surface area contributed by atoms with Gasteiger partial charge in [0.05, 0.1) is 36.6 Å². The minimum Gasteiger partial charge on any atom is -0.393 e. The molecule has 0 aromatic heterocycles. The van der Waals surface area contributed by atoms with Gasteiger partial charge in [-0.05, 0) is 468 Å². The van der Waals surface area contributed by atoms with Gasteiger partial charge < -0.3 is 30.6 Å². The molecule has 0 heterocycles. The van der Waals surface area contributed by atoms with Crippen LogP contribution in [0, 0.1) is 126 Å². The number of aliphatic hydroxyl groups is 6. The normalized spacial score (nSPS) is 44.5. The van der Waals surface area contributed by atoms with E-state index < -0.39 is 0 Å². The second kappa shape index (κ2) is 39.3. The molecular formula is C120H180O6. The summed E-state index contributed by atoms with van der Waals surface area (Å²) < 4.78 is 0. The molecule has 0 aromatic rings. The monoisotopic (exact) mass is 1720 g/mol. The van der Waals surface area contributed by atoms with Crippen molar-refractivity contribution in [2.75, 3.05) is 0 Å². The van der Waals surface area contributed by atoms with Crippen LogP contribution in [0.5, 0.6) is 0 Å². The van der Waals surface area contributed by atoms with Gasteiger partial charge in [0, 0.05) is 0 Å². The molecule has 0 radical (unpaired) electrons. The molecule has 28 atom stereocenters. The van der Waals surface area contributed by atoms with Gasteiger partial charge in [0.2, 0.25) is 0 Å². The maximum Gasteiger partial charge on any atom is 0.0583 e. The maximum atomic E-state index is 10.0. The minimum absolute atomic E-state index is 0.0976. The zero-order chi connectivity index (χ0) is 89.8. The number of hydrogen-bond acceptors (Lipinski definition) is 6. The first-order valence-corrected chi connectivity index (χ1v) is 53.1. The maximum absolute atomic E-state index is 10.0. The van der Waals surface area contributed by atoms with E-state index in [1.54, 1.807) is 33.4 Å². The van der Waals surface area contributed by atoms with Crippen LogP contribution in [0.15, 0.2) is 186 Å². The number of aliphatic hydroxyl groups excluding tert-OH is 6. The molecule has 10 saturated carbocycles. The molecule has 696 valence electrons. The summed E-state index contributed by atoms with van der Waals surface area (Å²) in [5.41, 5.74) is 28.1. The molecular weight excluding hydrogens is 1540 g/mol. The Bertz CT molecular complexity index is 3990. The highest BCUT2D eigenvalue weighted by Crippen LogP contribution is 2.68. The van der Waals surface area contributed by atoms with Crippen molar-refractivity contribution in [1.82, 2.24) is 0 Å². The first-order valence-electron chi connectivity index (χ1n) is 53.1. The van der Waals surface area contributed by atoms with Crippen LogP contribution in [0.25, 0.3) is 0 Å². The molecule has 20 aliphatic carbocycles. The fourth-order valence-electron chi connectivity index (χ4n) is 31.5. The van der Waals surface area contributed by atoms with Crippen molar-refractivity contribution in [2.24, 2.45) is 126 Å².